The summed E-state index contributed by atoms with van der Waals surface area (Å²) in [6.45, 7) is 1.82. The first kappa shape index (κ1) is 13.0. The lowest BCUT2D eigenvalue weighted by molar-refractivity contribution is 0.102. The van der Waals surface area contributed by atoms with Crippen LogP contribution in [0.1, 0.15) is 16.2 Å². The van der Waals surface area contributed by atoms with Gasteiger partial charge in [-0.25, -0.2) is 9.67 Å². The van der Waals surface area contributed by atoms with Gasteiger partial charge in [0.25, 0.3) is 5.91 Å². The predicted molar refractivity (Wildman–Crippen MR) is 78.3 cm³/mol. The Morgan fingerprint density at radius 3 is 2.57 bits per heavy atom. The number of hydrogen-bond acceptors (Lipinski definition) is 4. The van der Waals surface area contributed by atoms with Crippen LogP contribution in [0.5, 0.6) is 0 Å². The van der Waals surface area contributed by atoms with Gasteiger partial charge in [0.1, 0.15) is 5.69 Å². The van der Waals surface area contributed by atoms with Crippen molar-refractivity contribution in [3.05, 3.63) is 66.5 Å². The first-order valence-electron chi connectivity index (χ1n) is 6.42. The second kappa shape index (κ2) is 5.54. The molecule has 0 fully saturated rings. The number of hydrogen-bond donors (Lipinski definition) is 1. The first-order chi connectivity index (χ1) is 10.2. The number of carbonyl (C=O) groups excluding carboxylic acids is 1. The molecule has 0 spiro atoms. The number of aryl methyl sites for hydroxylation is 1. The zero-order chi connectivity index (χ0) is 14.7. The van der Waals surface area contributed by atoms with Crippen LogP contribution in [0.2, 0.25) is 0 Å². The van der Waals surface area contributed by atoms with Crippen LogP contribution in [-0.2, 0) is 0 Å². The van der Waals surface area contributed by atoms with Gasteiger partial charge in [-0.2, -0.15) is 5.10 Å². The van der Waals surface area contributed by atoms with Crippen LogP contribution < -0.4 is 5.32 Å². The monoisotopic (exact) mass is 279 g/mol. The number of nitrogens with one attached hydrogen (secondary N) is 1. The molecule has 1 amide bonds. The number of rotatable bonds is 3. The molecule has 0 aliphatic rings. The Balaban J connectivity index is 1.73. The molecule has 6 heteroatoms. The van der Waals surface area contributed by atoms with E-state index in [0.717, 1.165) is 11.4 Å². The SMILES string of the molecule is Cc1cnc(C(=O)Nc2ccc(-n3cccn3)cc2)cn1. The molecule has 0 aliphatic heterocycles. The Kier molecular flexibility index (Phi) is 3.42. The van der Waals surface area contributed by atoms with Crippen molar-refractivity contribution in [2.24, 2.45) is 0 Å². The van der Waals surface area contributed by atoms with Gasteiger partial charge in [-0.05, 0) is 37.3 Å². The molecule has 6 nitrogen and oxygen atoms in total. The summed E-state index contributed by atoms with van der Waals surface area (Å²) in [7, 11) is 0. The lowest BCUT2D eigenvalue weighted by Gasteiger charge is -2.06. The second-order valence-corrected chi connectivity index (χ2v) is 4.49. The highest BCUT2D eigenvalue weighted by atomic mass is 16.1. The Hall–Kier alpha value is -3.02. The lowest BCUT2D eigenvalue weighted by Crippen LogP contribution is -2.14. The van der Waals surface area contributed by atoms with Gasteiger partial charge in [-0.3, -0.25) is 9.78 Å². The number of aromatic nitrogens is 4. The quantitative estimate of drug-likeness (QED) is 0.798. The van der Waals surface area contributed by atoms with Crippen LogP contribution in [0.15, 0.2) is 55.1 Å². The minimum Gasteiger partial charge on any atom is -0.321 e. The second-order valence-electron chi connectivity index (χ2n) is 4.49. The average molecular weight is 279 g/mol. The topological polar surface area (TPSA) is 72.7 Å². The normalized spacial score (nSPS) is 10.3. The summed E-state index contributed by atoms with van der Waals surface area (Å²) in [6.07, 6.45) is 6.60. The highest BCUT2D eigenvalue weighted by molar-refractivity contribution is 6.02. The Labute approximate surface area is 121 Å². The molecule has 0 aliphatic carbocycles. The third kappa shape index (κ3) is 2.94. The van der Waals surface area contributed by atoms with Gasteiger partial charge in [0.05, 0.1) is 17.6 Å². The van der Waals surface area contributed by atoms with E-state index in [9.17, 15) is 4.79 Å². The minimum absolute atomic E-state index is 0.283. The van der Waals surface area contributed by atoms with E-state index in [-0.39, 0.29) is 11.6 Å². The summed E-state index contributed by atoms with van der Waals surface area (Å²) in [5, 5.41) is 6.92. The summed E-state index contributed by atoms with van der Waals surface area (Å²) in [5.41, 5.74) is 2.68. The Morgan fingerprint density at radius 1 is 1.14 bits per heavy atom. The number of benzene rings is 1. The van der Waals surface area contributed by atoms with Crippen LogP contribution in [0, 0.1) is 6.92 Å². The molecule has 1 aromatic carbocycles. The maximum Gasteiger partial charge on any atom is 0.275 e. The fourth-order valence-corrected chi connectivity index (χ4v) is 1.82. The van der Waals surface area contributed by atoms with Gasteiger partial charge in [-0.15, -0.1) is 0 Å². The Morgan fingerprint density at radius 2 is 1.95 bits per heavy atom. The van der Waals surface area contributed by atoms with E-state index in [4.69, 9.17) is 0 Å². The standard InChI is InChI=1S/C15H13N5O/c1-11-9-17-14(10-16-11)15(21)19-12-3-5-13(6-4-12)20-8-2-7-18-20/h2-10H,1H3,(H,19,21). The van der Waals surface area contributed by atoms with Crippen molar-refractivity contribution in [1.82, 2.24) is 19.7 Å². The van der Waals surface area contributed by atoms with Crippen LogP contribution in [-0.4, -0.2) is 25.7 Å². The van der Waals surface area contributed by atoms with Crippen molar-refractivity contribution < 1.29 is 4.79 Å². The van der Waals surface area contributed by atoms with Crippen molar-refractivity contribution in [3.63, 3.8) is 0 Å². The molecule has 2 aromatic heterocycles. The average Bonchev–Trinajstić information content (AvgIpc) is 3.03. The molecular weight excluding hydrogens is 266 g/mol. The molecule has 104 valence electrons. The van der Waals surface area contributed by atoms with Gasteiger partial charge in [0.15, 0.2) is 0 Å². The fraction of sp³-hybridized carbons (Fsp3) is 0.0667. The first-order valence-corrected chi connectivity index (χ1v) is 6.42. The molecule has 0 unspecified atom stereocenters. The highest BCUT2D eigenvalue weighted by Gasteiger charge is 2.08. The summed E-state index contributed by atoms with van der Waals surface area (Å²) < 4.78 is 1.75. The third-order valence-electron chi connectivity index (χ3n) is 2.91. The van der Waals surface area contributed by atoms with Crippen molar-refractivity contribution >= 4 is 11.6 Å². The number of amides is 1. The summed E-state index contributed by atoms with van der Waals surface area (Å²) in [5.74, 6) is -0.283. The third-order valence-corrected chi connectivity index (χ3v) is 2.91. The molecule has 0 atom stereocenters. The molecule has 3 rings (SSSR count). The lowest BCUT2D eigenvalue weighted by atomic mass is 10.2. The van der Waals surface area contributed by atoms with Crippen LogP contribution >= 0.6 is 0 Å². The highest BCUT2D eigenvalue weighted by Crippen LogP contribution is 2.13. The van der Waals surface area contributed by atoms with Crippen LogP contribution in [0.3, 0.4) is 0 Å². The zero-order valence-electron chi connectivity index (χ0n) is 11.4. The zero-order valence-corrected chi connectivity index (χ0v) is 11.4. The van der Waals surface area contributed by atoms with Crippen molar-refractivity contribution in [3.8, 4) is 5.69 Å². The maximum absolute atomic E-state index is 12.0. The largest absolute Gasteiger partial charge is 0.321 e. The van der Waals surface area contributed by atoms with Crippen molar-refractivity contribution in [2.45, 2.75) is 6.92 Å². The summed E-state index contributed by atoms with van der Waals surface area (Å²) in [6, 6.07) is 9.24. The van der Waals surface area contributed by atoms with Gasteiger partial charge in [0.2, 0.25) is 0 Å². The summed E-state index contributed by atoms with van der Waals surface area (Å²) >= 11 is 0. The molecule has 3 aromatic rings. The number of nitrogens with zero attached hydrogens (tertiary/aromatic N) is 4. The molecule has 2 heterocycles. The number of carbonyl (C=O) groups is 1. The van der Waals surface area contributed by atoms with Crippen molar-refractivity contribution in [2.75, 3.05) is 5.32 Å². The van der Waals surface area contributed by atoms with Gasteiger partial charge < -0.3 is 5.32 Å². The molecule has 0 radical (unpaired) electrons. The van der Waals surface area contributed by atoms with Gasteiger partial charge in [-0.1, -0.05) is 0 Å². The molecule has 0 saturated carbocycles. The maximum atomic E-state index is 12.0. The van der Waals surface area contributed by atoms with Crippen LogP contribution in [0.4, 0.5) is 5.69 Å². The Bertz CT molecular complexity index is 733. The molecule has 0 bridgehead atoms. The smallest absolute Gasteiger partial charge is 0.275 e. The minimum atomic E-state index is -0.283. The fourth-order valence-electron chi connectivity index (χ4n) is 1.82. The van der Waals surface area contributed by atoms with E-state index < -0.39 is 0 Å². The molecule has 1 N–H and O–H groups in total. The molecular formula is C15H13N5O. The van der Waals surface area contributed by atoms with E-state index in [0.29, 0.717) is 5.69 Å². The predicted octanol–water partition coefficient (Wildman–Crippen LogP) is 2.22. The summed E-state index contributed by atoms with van der Waals surface area (Å²) in [4.78, 5) is 20.1. The van der Waals surface area contributed by atoms with Gasteiger partial charge in [0, 0.05) is 24.3 Å². The van der Waals surface area contributed by atoms with E-state index in [1.54, 1.807) is 17.1 Å². The van der Waals surface area contributed by atoms with Crippen molar-refractivity contribution in [1.29, 1.82) is 0 Å². The molecule has 0 saturated heterocycles. The van der Waals surface area contributed by atoms with E-state index in [1.165, 1.54) is 6.20 Å². The number of anilines is 1. The molecule has 21 heavy (non-hydrogen) atoms. The van der Waals surface area contributed by atoms with E-state index >= 15 is 0 Å². The van der Waals surface area contributed by atoms with Gasteiger partial charge >= 0.3 is 0 Å². The van der Waals surface area contributed by atoms with E-state index in [1.807, 2.05) is 43.5 Å². The van der Waals surface area contributed by atoms with E-state index in [2.05, 4.69) is 20.4 Å². The van der Waals surface area contributed by atoms with Crippen LogP contribution in [0.25, 0.3) is 5.69 Å².